The van der Waals surface area contributed by atoms with Crippen molar-refractivity contribution in [2.75, 3.05) is 13.7 Å². The monoisotopic (exact) mass is 312 g/mol. The lowest BCUT2D eigenvalue weighted by Crippen LogP contribution is -2.47. The van der Waals surface area contributed by atoms with E-state index < -0.39 is 0 Å². The molecular weight excluding hydrogens is 292 g/mol. The highest BCUT2D eigenvalue weighted by Gasteiger charge is 2.20. The summed E-state index contributed by atoms with van der Waals surface area (Å²) >= 11 is 0. The summed E-state index contributed by atoms with van der Waals surface area (Å²) in [7, 11) is 1.62. The Morgan fingerprint density at radius 3 is 2.87 bits per heavy atom. The molecule has 1 aliphatic heterocycles. The molecule has 120 valence electrons. The summed E-state index contributed by atoms with van der Waals surface area (Å²) in [5, 5.41) is 5.81. The Bertz CT molecular complexity index is 687. The SMILES string of the molecule is COc1ccccc1CNC(=O)NC1COc2ccccc2C1. The van der Waals surface area contributed by atoms with Crippen LogP contribution in [0.2, 0.25) is 0 Å². The van der Waals surface area contributed by atoms with Gasteiger partial charge >= 0.3 is 6.03 Å². The van der Waals surface area contributed by atoms with Crippen LogP contribution in [0.25, 0.3) is 0 Å². The molecule has 0 bridgehead atoms. The highest BCUT2D eigenvalue weighted by molar-refractivity contribution is 5.74. The Morgan fingerprint density at radius 2 is 2.00 bits per heavy atom. The van der Waals surface area contributed by atoms with E-state index in [2.05, 4.69) is 10.6 Å². The fraction of sp³-hybridized carbons (Fsp3) is 0.278. The number of urea groups is 1. The number of carbonyl (C=O) groups excluding carboxylic acids is 1. The van der Waals surface area contributed by atoms with Gasteiger partial charge in [-0.1, -0.05) is 36.4 Å². The van der Waals surface area contributed by atoms with Gasteiger partial charge in [-0.2, -0.15) is 0 Å². The summed E-state index contributed by atoms with van der Waals surface area (Å²) in [6.45, 7) is 0.902. The lowest BCUT2D eigenvalue weighted by atomic mass is 10.0. The smallest absolute Gasteiger partial charge is 0.315 e. The van der Waals surface area contributed by atoms with E-state index in [-0.39, 0.29) is 12.1 Å². The number of ether oxygens (including phenoxy) is 2. The Labute approximate surface area is 135 Å². The van der Waals surface area contributed by atoms with E-state index in [0.717, 1.165) is 29.0 Å². The molecule has 5 heteroatoms. The predicted molar refractivity (Wildman–Crippen MR) is 87.8 cm³/mol. The molecule has 3 rings (SSSR count). The fourth-order valence-electron chi connectivity index (χ4n) is 2.68. The molecule has 0 aliphatic carbocycles. The van der Waals surface area contributed by atoms with E-state index >= 15 is 0 Å². The molecule has 2 N–H and O–H groups in total. The second-order valence-electron chi connectivity index (χ2n) is 5.46. The minimum absolute atomic E-state index is 0.0254. The van der Waals surface area contributed by atoms with Crippen LogP contribution < -0.4 is 20.1 Å². The van der Waals surface area contributed by atoms with Crippen molar-refractivity contribution in [3.63, 3.8) is 0 Å². The van der Waals surface area contributed by atoms with Crippen LogP contribution >= 0.6 is 0 Å². The minimum Gasteiger partial charge on any atom is -0.496 e. The quantitative estimate of drug-likeness (QED) is 0.912. The number of nitrogens with one attached hydrogen (secondary N) is 2. The van der Waals surface area contributed by atoms with Crippen molar-refractivity contribution in [2.45, 2.75) is 19.0 Å². The maximum atomic E-state index is 12.1. The maximum Gasteiger partial charge on any atom is 0.315 e. The lowest BCUT2D eigenvalue weighted by Gasteiger charge is -2.26. The van der Waals surface area contributed by atoms with Crippen molar-refractivity contribution in [3.05, 3.63) is 59.7 Å². The lowest BCUT2D eigenvalue weighted by molar-refractivity contribution is 0.214. The van der Waals surface area contributed by atoms with Crippen LogP contribution in [0.1, 0.15) is 11.1 Å². The summed E-state index contributed by atoms with van der Waals surface area (Å²) in [6, 6.07) is 15.3. The van der Waals surface area contributed by atoms with E-state index in [9.17, 15) is 4.79 Å². The Kier molecular flexibility index (Phi) is 4.66. The summed E-state index contributed by atoms with van der Waals surface area (Å²) in [5.41, 5.74) is 2.06. The first-order valence-electron chi connectivity index (χ1n) is 7.63. The molecule has 1 aliphatic rings. The van der Waals surface area contributed by atoms with Gasteiger partial charge in [-0.05, 0) is 24.1 Å². The molecule has 1 heterocycles. The molecule has 0 radical (unpaired) electrons. The Morgan fingerprint density at radius 1 is 1.22 bits per heavy atom. The van der Waals surface area contributed by atoms with Gasteiger partial charge < -0.3 is 20.1 Å². The van der Waals surface area contributed by atoms with Crippen LogP contribution in [0.15, 0.2) is 48.5 Å². The zero-order chi connectivity index (χ0) is 16.1. The number of amides is 2. The molecule has 0 aromatic heterocycles. The number of fused-ring (bicyclic) bond motifs is 1. The van der Waals surface area contributed by atoms with Crippen molar-refractivity contribution >= 4 is 6.03 Å². The van der Waals surface area contributed by atoms with Gasteiger partial charge in [-0.15, -0.1) is 0 Å². The summed E-state index contributed by atoms with van der Waals surface area (Å²) in [4.78, 5) is 12.1. The van der Waals surface area contributed by atoms with Gasteiger partial charge in [0.05, 0.1) is 13.2 Å². The summed E-state index contributed by atoms with van der Waals surface area (Å²) < 4.78 is 10.9. The fourth-order valence-corrected chi connectivity index (χ4v) is 2.68. The highest BCUT2D eigenvalue weighted by Crippen LogP contribution is 2.23. The second kappa shape index (κ2) is 7.05. The van der Waals surface area contributed by atoms with Crippen molar-refractivity contribution in [1.82, 2.24) is 10.6 Å². The highest BCUT2D eigenvalue weighted by atomic mass is 16.5. The van der Waals surface area contributed by atoms with E-state index in [4.69, 9.17) is 9.47 Å². The zero-order valence-electron chi connectivity index (χ0n) is 13.0. The number of para-hydroxylation sites is 2. The van der Waals surface area contributed by atoms with E-state index in [1.54, 1.807) is 7.11 Å². The average Bonchev–Trinajstić information content (AvgIpc) is 2.60. The van der Waals surface area contributed by atoms with Gasteiger partial charge in [0.2, 0.25) is 0 Å². The molecule has 0 saturated heterocycles. The van der Waals surface area contributed by atoms with Crippen molar-refractivity contribution in [3.8, 4) is 11.5 Å². The van der Waals surface area contributed by atoms with Crippen LogP contribution in [0.5, 0.6) is 11.5 Å². The van der Waals surface area contributed by atoms with E-state index in [1.807, 2.05) is 48.5 Å². The van der Waals surface area contributed by atoms with Crippen molar-refractivity contribution in [2.24, 2.45) is 0 Å². The summed E-state index contributed by atoms with van der Waals surface area (Å²) in [6.07, 6.45) is 0.776. The number of rotatable bonds is 4. The molecule has 2 aromatic carbocycles. The van der Waals surface area contributed by atoms with Crippen LogP contribution in [0.3, 0.4) is 0 Å². The molecule has 1 atom stereocenters. The molecule has 5 nitrogen and oxygen atoms in total. The zero-order valence-corrected chi connectivity index (χ0v) is 13.0. The second-order valence-corrected chi connectivity index (χ2v) is 5.46. The van der Waals surface area contributed by atoms with Crippen LogP contribution in [-0.2, 0) is 13.0 Å². The van der Waals surface area contributed by atoms with Gasteiger partial charge in [0.25, 0.3) is 0 Å². The van der Waals surface area contributed by atoms with Crippen LogP contribution in [0, 0.1) is 0 Å². The molecule has 0 spiro atoms. The van der Waals surface area contributed by atoms with Gasteiger partial charge in [-0.25, -0.2) is 4.79 Å². The van der Waals surface area contributed by atoms with E-state index in [1.165, 1.54) is 0 Å². The average molecular weight is 312 g/mol. The van der Waals surface area contributed by atoms with Gasteiger partial charge in [0, 0.05) is 12.1 Å². The maximum absolute atomic E-state index is 12.1. The standard InChI is InChI=1S/C18H20N2O3/c1-22-16-8-4-3-7-14(16)11-19-18(21)20-15-10-13-6-2-5-9-17(13)23-12-15/h2-9,15H,10-12H2,1H3,(H2,19,20,21). The van der Waals surface area contributed by atoms with Gasteiger partial charge in [-0.3, -0.25) is 0 Å². The van der Waals surface area contributed by atoms with Crippen molar-refractivity contribution in [1.29, 1.82) is 0 Å². The normalized spacial score (nSPS) is 16.0. The van der Waals surface area contributed by atoms with Crippen LogP contribution in [-0.4, -0.2) is 25.8 Å². The predicted octanol–water partition coefficient (Wildman–Crippen LogP) is 2.50. The number of hydrogen-bond donors (Lipinski definition) is 2. The minimum atomic E-state index is -0.205. The van der Waals surface area contributed by atoms with Gasteiger partial charge in [0.1, 0.15) is 18.1 Å². The molecule has 0 fully saturated rings. The largest absolute Gasteiger partial charge is 0.496 e. The first-order chi connectivity index (χ1) is 11.3. The van der Waals surface area contributed by atoms with Crippen LogP contribution in [0.4, 0.5) is 4.79 Å². The van der Waals surface area contributed by atoms with Crippen molar-refractivity contribution < 1.29 is 14.3 Å². The third-order valence-corrected chi connectivity index (χ3v) is 3.85. The van der Waals surface area contributed by atoms with Gasteiger partial charge in [0.15, 0.2) is 0 Å². The number of methoxy groups -OCH3 is 1. The third-order valence-electron chi connectivity index (χ3n) is 3.85. The first-order valence-corrected chi connectivity index (χ1v) is 7.63. The summed E-state index contributed by atoms with van der Waals surface area (Å²) in [5.74, 6) is 1.67. The third kappa shape index (κ3) is 3.74. The number of benzene rings is 2. The molecule has 23 heavy (non-hydrogen) atoms. The molecule has 1 unspecified atom stereocenters. The molecule has 2 amide bonds. The molecular formula is C18H20N2O3. The Hall–Kier alpha value is -2.69. The molecule has 0 saturated carbocycles. The number of carbonyl (C=O) groups is 1. The van der Waals surface area contributed by atoms with E-state index in [0.29, 0.717) is 13.2 Å². The molecule has 2 aromatic rings. The Balaban J connectivity index is 1.52. The number of hydrogen-bond acceptors (Lipinski definition) is 3. The first kappa shape index (κ1) is 15.2. The topological polar surface area (TPSA) is 59.6 Å².